The largest absolute Gasteiger partial charge is 0.379 e. The van der Waals surface area contributed by atoms with Crippen molar-refractivity contribution in [3.8, 4) is 0 Å². The maximum atomic E-state index is 12.8. The Balaban J connectivity index is 1.42. The molecule has 4 rings (SSSR count). The van der Waals surface area contributed by atoms with Gasteiger partial charge in [-0.15, -0.1) is 11.8 Å². The van der Waals surface area contributed by atoms with Gasteiger partial charge in [0.2, 0.25) is 10.0 Å². The lowest BCUT2D eigenvalue weighted by Crippen LogP contribution is -2.45. The minimum atomic E-state index is -3.54. The first kappa shape index (κ1) is 19.2. The Morgan fingerprint density at radius 2 is 1.67 bits per heavy atom. The molecule has 1 spiro atoms. The number of morpholine rings is 1. The summed E-state index contributed by atoms with van der Waals surface area (Å²) in [6.45, 7) is 3.66. The van der Waals surface area contributed by atoms with Crippen LogP contribution in [0.5, 0.6) is 0 Å². The van der Waals surface area contributed by atoms with Gasteiger partial charge in [-0.05, 0) is 24.3 Å². The zero-order valence-electron chi connectivity index (χ0n) is 15.1. The van der Waals surface area contributed by atoms with Gasteiger partial charge < -0.3 is 14.4 Å². The van der Waals surface area contributed by atoms with E-state index in [1.165, 1.54) is 16.4 Å². The molecule has 7 nitrogen and oxygen atoms in total. The van der Waals surface area contributed by atoms with Crippen molar-refractivity contribution in [2.45, 2.75) is 22.7 Å². The Hall–Kier alpha value is -1.13. The number of hydrogen-bond acceptors (Lipinski definition) is 6. The molecule has 3 heterocycles. The highest BCUT2D eigenvalue weighted by molar-refractivity contribution is 8.00. The van der Waals surface area contributed by atoms with Crippen LogP contribution in [0.3, 0.4) is 0 Å². The van der Waals surface area contributed by atoms with Gasteiger partial charge in [-0.25, -0.2) is 8.42 Å². The maximum absolute atomic E-state index is 12.8. The lowest BCUT2D eigenvalue weighted by atomic mass is 10.1. The van der Waals surface area contributed by atoms with E-state index in [4.69, 9.17) is 9.47 Å². The molecule has 1 aromatic rings. The second-order valence-electron chi connectivity index (χ2n) is 6.94. The van der Waals surface area contributed by atoms with E-state index in [2.05, 4.69) is 0 Å². The number of carbonyl (C=O) groups excluding carboxylic acids is 1. The number of likely N-dealkylation sites (tertiary alicyclic amines) is 1. The number of nitrogens with zero attached hydrogens (tertiary/aromatic N) is 2. The summed E-state index contributed by atoms with van der Waals surface area (Å²) in [5.74, 6) is 0.968. The van der Waals surface area contributed by atoms with Gasteiger partial charge in [-0.2, -0.15) is 4.31 Å². The Bertz CT molecular complexity index is 774. The number of piperidine rings is 1. The van der Waals surface area contributed by atoms with Gasteiger partial charge in [0.25, 0.3) is 5.91 Å². The SMILES string of the molecule is O=C(c1ccc(S(=O)(=O)N2CCOCC2)cc1)N1CCC2(CC1)OCCS2. The highest BCUT2D eigenvalue weighted by Crippen LogP contribution is 2.41. The summed E-state index contributed by atoms with van der Waals surface area (Å²) in [6.07, 6.45) is 1.68. The maximum Gasteiger partial charge on any atom is 0.253 e. The summed E-state index contributed by atoms with van der Waals surface area (Å²) in [5.41, 5.74) is 0.520. The molecule has 3 fully saturated rings. The van der Waals surface area contributed by atoms with Crippen molar-refractivity contribution < 1.29 is 22.7 Å². The quantitative estimate of drug-likeness (QED) is 0.747. The highest BCUT2D eigenvalue weighted by atomic mass is 32.2. The molecule has 0 bridgehead atoms. The zero-order chi connectivity index (χ0) is 18.9. The Kier molecular flexibility index (Phi) is 5.48. The molecular formula is C18H24N2O5S2. The summed E-state index contributed by atoms with van der Waals surface area (Å²) < 4.78 is 37.9. The predicted octanol–water partition coefficient (Wildman–Crippen LogP) is 1.40. The molecule has 0 aromatic heterocycles. The average Bonchev–Trinajstić information content (AvgIpc) is 3.17. The van der Waals surface area contributed by atoms with Crippen molar-refractivity contribution in [1.82, 2.24) is 9.21 Å². The van der Waals surface area contributed by atoms with Crippen molar-refractivity contribution in [2.75, 3.05) is 51.8 Å². The van der Waals surface area contributed by atoms with Crippen molar-refractivity contribution in [2.24, 2.45) is 0 Å². The van der Waals surface area contributed by atoms with Crippen LogP contribution < -0.4 is 0 Å². The second kappa shape index (κ2) is 7.71. The third-order valence-corrected chi connectivity index (χ3v) is 8.67. The fourth-order valence-corrected chi connectivity index (χ4v) is 6.31. The fraction of sp³-hybridized carbons (Fsp3) is 0.611. The van der Waals surface area contributed by atoms with E-state index in [0.717, 1.165) is 25.2 Å². The summed E-state index contributed by atoms with van der Waals surface area (Å²) in [7, 11) is -3.54. The predicted molar refractivity (Wildman–Crippen MR) is 102 cm³/mol. The van der Waals surface area contributed by atoms with Crippen molar-refractivity contribution in [1.29, 1.82) is 0 Å². The van der Waals surface area contributed by atoms with Crippen molar-refractivity contribution in [3.05, 3.63) is 29.8 Å². The first-order chi connectivity index (χ1) is 13.0. The van der Waals surface area contributed by atoms with Crippen LogP contribution in [-0.2, 0) is 19.5 Å². The second-order valence-corrected chi connectivity index (χ2v) is 10.3. The van der Waals surface area contributed by atoms with Crippen molar-refractivity contribution >= 4 is 27.7 Å². The topological polar surface area (TPSA) is 76.2 Å². The fourth-order valence-electron chi connectivity index (χ4n) is 3.72. The van der Waals surface area contributed by atoms with E-state index < -0.39 is 10.0 Å². The molecule has 1 aromatic carbocycles. The smallest absolute Gasteiger partial charge is 0.253 e. The van der Waals surface area contributed by atoms with Gasteiger partial charge in [0.15, 0.2) is 0 Å². The van der Waals surface area contributed by atoms with Crippen LogP contribution in [0.25, 0.3) is 0 Å². The number of amides is 1. The lowest BCUT2D eigenvalue weighted by molar-refractivity contribution is 0.00352. The van der Waals surface area contributed by atoms with Crippen LogP contribution in [0.15, 0.2) is 29.2 Å². The van der Waals surface area contributed by atoms with Crippen LogP contribution in [-0.4, -0.2) is 80.2 Å². The molecule has 0 saturated carbocycles. The van der Waals surface area contributed by atoms with Gasteiger partial charge in [0, 0.05) is 50.3 Å². The molecule has 27 heavy (non-hydrogen) atoms. The molecule has 0 atom stereocenters. The number of hydrogen-bond donors (Lipinski definition) is 0. The monoisotopic (exact) mass is 412 g/mol. The van der Waals surface area contributed by atoms with E-state index in [9.17, 15) is 13.2 Å². The van der Waals surface area contributed by atoms with Gasteiger partial charge >= 0.3 is 0 Å². The van der Waals surface area contributed by atoms with Gasteiger partial charge in [-0.3, -0.25) is 4.79 Å². The third-order valence-electron chi connectivity index (χ3n) is 5.34. The summed E-state index contributed by atoms with van der Waals surface area (Å²) in [4.78, 5) is 14.7. The summed E-state index contributed by atoms with van der Waals surface area (Å²) >= 11 is 1.85. The highest BCUT2D eigenvalue weighted by Gasteiger charge is 2.40. The molecule has 9 heteroatoms. The Morgan fingerprint density at radius 3 is 2.26 bits per heavy atom. The lowest BCUT2D eigenvalue weighted by Gasteiger charge is -2.37. The first-order valence-electron chi connectivity index (χ1n) is 9.25. The van der Waals surface area contributed by atoms with E-state index in [-0.39, 0.29) is 15.7 Å². The number of rotatable bonds is 3. The molecule has 3 saturated heterocycles. The molecule has 0 radical (unpaired) electrons. The normalized spacial score (nSPS) is 23.6. The van der Waals surface area contributed by atoms with Gasteiger partial charge in [0.1, 0.15) is 4.93 Å². The molecule has 0 aliphatic carbocycles. The summed E-state index contributed by atoms with van der Waals surface area (Å²) in [6, 6.07) is 6.28. The van der Waals surface area contributed by atoms with Crippen LogP contribution >= 0.6 is 11.8 Å². The van der Waals surface area contributed by atoms with Crippen LogP contribution in [0.2, 0.25) is 0 Å². The molecular weight excluding hydrogens is 388 g/mol. The average molecular weight is 413 g/mol. The van der Waals surface area contributed by atoms with Crippen LogP contribution in [0.1, 0.15) is 23.2 Å². The zero-order valence-corrected chi connectivity index (χ0v) is 16.8. The number of benzene rings is 1. The molecule has 1 amide bonds. The molecule has 0 unspecified atom stereocenters. The van der Waals surface area contributed by atoms with Gasteiger partial charge in [0.05, 0.1) is 24.7 Å². The van der Waals surface area contributed by atoms with Gasteiger partial charge in [-0.1, -0.05) is 0 Å². The van der Waals surface area contributed by atoms with E-state index >= 15 is 0 Å². The van der Waals surface area contributed by atoms with Crippen LogP contribution in [0.4, 0.5) is 0 Å². The van der Waals surface area contributed by atoms with E-state index in [1.807, 2.05) is 16.7 Å². The number of carbonyl (C=O) groups is 1. The Labute approximate surface area is 164 Å². The number of ether oxygens (including phenoxy) is 2. The van der Waals surface area contributed by atoms with E-state index in [0.29, 0.717) is 45.0 Å². The molecule has 148 valence electrons. The Morgan fingerprint density at radius 1 is 1.00 bits per heavy atom. The standard InChI is InChI=1S/C18H24N2O5S2/c21-17(19-7-5-18(6-8-19)25-13-14-26-18)15-1-3-16(4-2-15)27(22,23)20-9-11-24-12-10-20/h1-4H,5-14H2. The van der Waals surface area contributed by atoms with Crippen molar-refractivity contribution in [3.63, 3.8) is 0 Å². The first-order valence-corrected chi connectivity index (χ1v) is 11.7. The molecule has 3 aliphatic heterocycles. The third kappa shape index (κ3) is 3.88. The summed E-state index contributed by atoms with van der Waals surface area (Å²) in [5, 5.41) is 0. The van der Waals surface area contributed by atoms with Crippen LogP contribution in [0, 0.1) is 0 Å². The minimum Gasteiger partial charge on any atom is -0.379 e. The van der Waals surface area contributed by atoms with E-state index in [1.54, 1.807) is 12.1 Å². The number of thioether (sulfide) groups is 1. The minimum absolute atomic E-state index is 0.0526. The molecule has 3 aliphatic rings. The number of sulfonamides is 1. The molecule has 0 N–H and O–H groups in total.